The molecule has 2 unspecified atom stereocenters. The molecule has 0 radical (unpaired) electrons. The minimum atomic E-state index is -0.294. The first kappa shape index (κ1) is 16.5. The average molecular weight is 288 g/mol. The summed E-state index contributed by atoms with van der Waals surface area (Å²) in [6, 6.07) is -0.0758. The largest absolute Gasteiger partial charge is 0.376 e. The van der Waals surface area contributed by atoms with Crippen molar-refractivity contribution in [2.45, 2.75) is 59.7 Å². The lowest BCUT2D eigenvalue weighted by molar-refractivity contribution is -0.0300. The normalized spacial score (nSPS) is 15.8. The Hall–Kier alpha value is -0.580. The molecule has 19 heavy (non-hydrogen) atoms. The Morgan fingerprint density at radius 1 is 1.42 bits per heavy atom. The molecule has 1 aromatic rings. The second-order valence-electron chi connectivity index (χ2n) is 6.18. The second kappa shape index (κ2) is 6.25. The highest BCUT2D eigenvalue weighted by Gasteiger charge is 2.35. The first-order valence-electron chi connectivity index (χ1n) is 6.80. The van der Waals surface area contributed by atoms with Gasteiger partial charge in [0.15, 0.2) is 0 Å². The summed E-state index contributed by atoms with van der Waals surface area (Å²) in [4.78, 5) is 0. The van der Waals surface area contributed by atoms with Crippen LogP contribution in [0, 0.1) is 5.41 Å². The molecule has 0 fully saturated rings. The van der Waals surface area contributed by atoms with Crippen LogP contribution in [0.4, 0.5) is 0 Å². The van der Waals surface area contributed by atoms with Crippen LogP contribution in [0.2, 0.25) is 5.02 Å². The van der Waals surface area contributed by atoms with Gasteiger partial charge in [0, 0.05) is 12.6 Å². The van der Waals surface area contributed by atoms with E-state index >= 15 is 0 Å². The van der Waals surface area contributed by atoms with Crippen LogP contribution in [0.25, 0.3) is 0 Å². The van der Waals surface area contributed by atoms with E-state index in [2.05, 4.69) is 39.7 Å². The van der Waals surface area contributed by atoms with Gasteiger partial charge in [0.25, 0.3) is 0 Å². The number of nitrogens with two attached hydrogens (primary N) is 1. The molecule has 2 atom stereocenters. The Bertz CT molecular complexity index is 409. The van der Waals surface area contributed by atoms with Crippen molar-refractivity contribution in [1.29, 1.82) is 0 Å². The van der Waals surface area contributed by atoms with Crippen LogP contribution in [0.5, 0.6) is 0 Å². The first-order valence-corrected chi connectivity index (χ1v) is 7.18. The van der Waals surface area contributed by atoms with Gasteiger partial charge in [-0.25, -0.2) is 0 Å². The maximum Gasteiger partial charge on any atom is 0.0835 e. The van der Waals surface area contributed by atoms with Crippen molar-refractivity contribution < 1.29 is 4.74 Å². The molecule has 0 amide bonds. The Balaban J connectivity index is 3.16. The number of rotatable bonds is 5. The van der Waals surface area contributed by atoms with Crippen LogP contribution in [0.3, 0.4) is 0 Å². The van der Waals surface area contributed by atoms with Gasteiger partial charge in [0.2, 0.25) is 0 Å². The summed E-state index contributed by atoms with van der Waals surface area (Å²) < 4.78 is 7.74. The average Bonchev–Trinajstić information content (AvgIpc) is 2.65. The standard InChI is InChI=1S/C14H26ClN3O/c1-7-19-13(14(4,5)6)11(16)12-10(15)8-17-18(12)9(2)3/h8-9,11,13H,7,16H2,1-6H3. The highest BCUT2D eigenvalue weighted by atomic mass is 35.5. The van der Waals surface area contributed by atoms with Gasteiger partial charge in [-0.05, 0) is 26.2 Å². The molecule has 1 aromatic heterocycles. The maximum atomic E-state index is 6.43. The molecule has 0 spiro atoms. The van der Waals surface area contributed by atoms with Gasteiger partial charge in [-0.1, -0.05) is 32.4 Å². The van der Waals surface area contributed by atoms with Crippen LogP contribution >= 0.6 is 11.6 Å². The Kier molecular flexibility index (Phi) is 5.42. The zero-order valence-electron chi connectivity index (χ0n) is 12.8. The quantitative estimate of drug-likeness (QED) is 0.901. The Morgan fingerprint density at radius 3 is 2.42 bits per heavy atom. The van der Waals surface area contributed by atoms with E-state index in [0.29, 0.717) is 11.6 Å². The number of ether oxygens (including phenoxy) is 1. The summed E-state index contributed by atoms with van der Waals surface area (Å²) in [7, 11) is 0. The summed E-state index contributed by atoms with van der Waals surface area (Å²) >= 11 is 6.26. The van der Waals surface area contributed by atoms with E-state index in [1.807, 2.05) is 11.6 Å². The molecule has 4 nitrogen and oxygen atoms in total. The molecule has 1 heterocycles. The van der Waals surface area contributed by atoms with Crippen molar-refractivity contribution in [3.8, 4) is 0 Å². The minimum Gasteiger partial charge on any atom is -0.376 e. The number of hydrogen-bond acceptors (Lipinski definition) is 3. The van der Waals surface area contributed by atoms with Gasteiger partial charge >= 0.3 is 0 Å². The fraction of sp³-hybridized carbons (Fsp3) is 0.786. The number of hydrogen-bond donors (Lipinski definition) is 1. The van der Waals surface area contributed by atoms with Gasteiger partial charge in [-0.15, -0.1) is 0 Å². The van der Waals surface area contributed by atoms with Crippen molar-refractivity contribution >= 4 is 11.6 Å². The lowest BCUT2D eigenvalue weighted by atomic mass is 9.83. The number of nitrogens with zero attached hydrogens (tertiary/aromatic N) is 2. The first-order chi connectivity index (χ1) is 8.70. The van der Waals surface area contributed by atoms with E-state index in [-0.39, 0.29) is 23.6 Å². The third kappa shape index (κ3) is 3.71. The summed E-state index contributed by atoms with van der Waals surface area (Å²) in [5, 5.41) is 4.92. The molecule has 110 valence electrons. The monoisotopic (exact) mass is 287 g/mol. The predicted octanol–water partition coefficient (Wildman–Crippen LogP) is 3.57. The van der Waals surface area contributed by atoms with Crippen LogP contribution in [-0.4, -0.2) is 22.5 Å². The predicted molar refractivity (Wildman–Crippen MR) is 79.4 cm³/mol. The van der Waals surface area contributed by atoms with E-state index in [1.54, 1.807) is 6.20 Å². The van der Waals surface area contributed by atoms with Crippen LogP contribution in [-0.2, 0) is 4.74 Å². The van der Waals surface area contributed by atoms with Crippen LogP contribution in [0.15, 0.2) is 6.20 Å². The van der Waals surface area contributed by atoms with E-state index in [1.165, 1.54) is 0 Å². The Morgan fingerprint density at radius 2 is 2.00 bits per heavy atom. The third-order valence-electron chi connectivity index (χ3n) is 3.12. The zero-order valence-corrected chi connectivity index (χ0v) is 13.5. The highest BCUT2D eigenvalue weighted by molar-refractivity contribution is 6.31. The van der Waals surface area contributed by atoms with E-state index < -0.39 is 0 Å². The van der Waals surface area contributed by atoms with E-state index in [0.717, 1.165) is 5.69 Å². The Labute approximate surface area is 121 Å². The van der Waals surface area contributed by atoms with E-state index in [9.17, 15) is 0 Å². The van der Waals surface area contributed by atoms with Gasteiger partial charge < -0.3 is 10.5 Å². The molecule has 0 saturated carbocycles. The number of halogens is 1. The van der Waals surface area contributed by atoms with Crippen molar-refractivity contribution in [2.75, 3.05) is 6.61 Å². The smallest absolute Gasteiger partial charge is 0.0835 e. The molecule has 0 aliphatic heterocycles. The van der Waals surface area contributed by atoms with Crippen molar-refractivity contribution in [2.24, 2.45) is 11.1 Å². The lowest BCUT2D eigenvalue weighted by Gasteiger charge is -2.35. The second-order valence-corrected chi connectivity index (χ2v) is 6.59. The molecule has 0 aliphatic carbocycles. The fourth-order valence-electron chi connectivity index (χ4n) is 2.29. The summed E-state index contributed by atoms with van der Waals surface area (Å²) in [5.74, 6) is 0. The molecule has 2 N–H and O–H groups in total. The molecule has 0 saturated heterocycles. The molecule has 1 rings (SSSR count). The maximum absolute atomic E-state index is 6.43. The number of aromatic nitrogens is 2. The van der Waals surface area contributed by atoms with E-state index in [4.69, 9.17) is 22.1 Å². The van der Waals surface area contributed by atoms with Crippen LogP contribution < -0.4 is 5.73 Å². The molecule has 0 aliphatic rings. The van der Waals surface area contributed by atoms with Gasteiger partial charge in [0.05, 0.1) is 29.1 Å². The lowest BCUT2D eigenvalue weighted by Crippen LogP contribution is -2.40. The molecular weight excluding hydrogens is 262 g/mol. The fourth-order valence-corrected chi connectivity index (χ4v) is 2.55. The van der Waals surface area contributed by atoms with Crippen molar-refractivity contribution in [3.63, 3.8) is 0 Å². The minimum absolute atomic E-state index is 0.0646. The van der Waals surface area contributed by atoms with Crippen LogP contribution in [0.1, 0.15) is 59.3 Å². The van der Waals surface area contributed by atoms with Gasteiger partial charge in [0.1, 0.15) is 0 Å². The summed E-state index contributed by atoms with van der Waals surface area (Å²) in [6.07, 6.45) is 1.55. The van der Waals surface area contributed by atoms with Gasteiger partial charge in [-0.2, -0.15) is 5.10 Å². The SMILES string of the molecule is CCOC(C(N)c1c(Cl)cnn1C(C)C)C(C)(C)C. The zero-order chi connectivity index (χ0) is 14.8. The highest BCUT2D eigenvalue weighted by Crippen LogP contribution is 2.35. The summed E-state index contributed by atoms with van der Waals surface area (Å²) in [5.41, 5.74) is 7.21. The van der Waals surface area contributed by atoms with Gasteiger partial charge in [-0.3, -0.25) is 4.68 Å². The van der Waals surface area contributed by atoms with Crippen molar-refractivity contribution in [3.05, 3.63) is 16.9 Å². The van der Waals surface area contributed by atoms with Crippen molar-refractivity contribution in [1.82, 2.24) is 9.78 Å². The molecule has 0 aromatic carbocycles. The molecule has 5 heteroatoms. The topological polar surface area (TPSA) is 53.1 Å². The third-order valence-corrected chi connectivity index (χ3v) is 3.41. The molecular formula is C14H26ClN3O. The molecule has 0 bridgehead atoms. The summed E-state index contributed by atoms with van der Waals surface area (Å²) in [6.45, 7) is 13.1.